The lowest BCUT2D eigenvalue weighted by molar-refractivity contribution is 0.249. The average Bonchev–Trinajstić information content (AvgIpc) is 2.93. The van der Waals surface area contributed by atoms with Crippen molar-refractivity contribution in [1.82, 2.24) is 9.88 Å². The molecule has 2 aliphatic rings. The first-order chi connectivity index (χ1) is 9.72. The quantitative estimate of drug-likeness (QED) is 0.920. The Bertz CT molecular complexity index is 451. The van der Waals surface area contributed by atoms with Crippen LogP contribution in [-0.4, -0.2) is 42.6 Å². The molecule has 3 rings (SSSR count). The minimum atomic E-state index is 0.775. The van der Waals surface area contributed by atoms with E-state index in [1.54, 1.807) is 0 Å². The summed E-state index contributed by atoms with van der Waals surface area (Å²) >= 11 is 3.41. The predicted molar refractivity (Wildman–Crippen MR) is 87.0 cm³/mol. The number of nitrogen functional groups attached to an aromatic ring is 1. The van der Waals surface area contributed by atoms with E-state index >= 15 is 0 Å². The number of aromatic nitrogens is 1. The average molecular weight is 339 g/mol. The Morgan fingerprint density at radius 1 is 1.20 bits per heavy atom. The summed E-state index contributed by atoms with van der Waals surface area (Å²) in [6.07, 6.45) is 7.12. The van der Waals surface area contributed by atoms with Crippen LogP contribution in [0.15, 0.2) is 16.7 Å². The van der Waals surface area contributed by atoms with E-state index in [9.17, 15) is 0 Å². The Balaban J connectivity index is 1.55. The van der Waals surface area contributed by atoms with Gasteiger partial charge in [0.25, 0.3) is 0 Å². The normalized spacial score (nSPS) is 21.6. The third-order valence-corrected chi connectivity index (χ3v) is 4.92. The third-order valence-electron chi connectivity index (χ3n) is 4.49. The molecule has 3 heterocycles. The molecule has 0 spiro atoms. The summed E-state index contributed by atoms with van der Waals surface area (Å²) in [5.74, 6) is 1.80. The van der Waals surface area contributed by atoms with Gasteiger partial charge in [-0.05, 0) is 66.7 Å². The molecule has 110 valence electrons. The summed E-state index contributed by atoms with van der Waals surface area (Å²) in [4.78, 5) is 9.44. The summed E-state index contributed by atoms with van der Waals surface area (Å²) in [5, 5.41) is 0. The number of piperidine rings is 1. The van der Waals surface area contributed by atoms with Crippen molar-refractivity contribution >= 4 is 27.4 Å². The molecular weight excluding hydrogens is 316 g/mol. The molecule has 2 saturated heterocycles. The van der Waals surface area contributed by atoms with E-state index in [1.807, 2.05) is 12.3 Å². The van der Waals surface area contributed by atoms with Gasteiger partial charge in [0.15, 0.2) is 5.82 Å². The van der Waals surface area contributed by atoms with Gasteiger partial charge >= 0.3 is 0 Å². The van der Waals surface area contributed by atoms with Gasteiger partial charge in [0.05, 0.1) is 5.69 Å². The predicted octanol–water partition coefficient (Wildman–Crippen LogP) is 2.74. The zero-order valence-electron chi connectivity index (χ0n) is 11.9. The lowest BCUT2D eigenvalue weighted by Gasteiger charge is -2.35. The van der Waals surface area contributed by atoms with Crippen LogP contribution in [0.3, 0.4) is 0 Å². The van der Waals surface area contributed by atoms with Crippen LogP contribution in [0.5, 0.6) is 0 Å². The topological polar surface area (TPSA) is 45.4 Å². The molecule has 20 heavy (non-hydrogen) atoms. The largest absolute Gasteiger partial charge is 0.396 e. The van der Waals surface area contributed by atoms with Crippen LogP contribution in [0, 0.1) is 5.92 Å². The Morgan fingerprint density at radius 2 is 1.90 bits per heavy atom. The fourth-order valence-corrected chi connectivity index (χ4v) is 3.72. The lowest BCUT2D eigenvalue weighted by Crippen LogP contribution is -2.38. The van der Waals surface area contributed by atoms with Crippen LogP contribution in [0.1, 0.15) is 25.7 Å². The van der Waals surface area contributed by atoms with Crippen LogP contribution >= 0.6 is 15.9 Å². The van der Waals surface area contributed by atoms with Gasteiger partial charge < -0.3 is 15.5 Å². The number of halogens is 1. The maximum atomic E-state index is 6.08. The molecule has 1 aromatic rings. The Kier molecular flexibility index (Phi) is 4.46. The highest BCUT2D eigenvalue weighted by Crippen LogP contribution is 2.28. The van der Waals surface area contributed by atoms with Crippen molar-refractivity contribution in [1.29, 1.82) is 0 Å². The molecule has 0 aromatic carbocycles. The van der Waals surface area contributed by atoms with Crippen molar-refractivity contribution in [2.75, 3.05) is 43.4 Å². The van der Waals surface area contributed by atoms with E-state index in [2.05, 4.69) is 30.7 Å². The van der Waals surface area contributed by atoms with E-state index in [0.717, 1.165) is 35.0 Å². The molecule has 0 aliphatic carbocycles. The zero-order chi connectivity index (χ0) is 13.9. The van der Waals surface area contributed by atoms with Gasteiger partial charge in [0.2, 0.25) is 0 Å². The Morgan fingerprint density at radius 3 is 2.55 bits per heavy atom. The molecular formula is C15H23BrN4. The second-order valence-electron chi connectivity index (χ2n) is 6.00. The molecule has 5 heteroatoms. The molecule has 1 aromatic heterocycles. The maximum absolute atomic E-state index is 6.08. The van der Waals surface area contributed by atoms with Gasteiger partial charge in [-0.3, -0.25) is 0 Å². The molecule has 0 radical (unpaired) electrons. The van der Waals surface area contributed by atoms with Gasteiger partial charge in [0.1, 0.15) is 0 Å². The summed E-state index contributed by atoms with van der Waals surface area (Å²) in [6, 6.07) is 1.94. The molecule has 4 nitrogen and oxygen atoms in total. The second kappa shape index (κ2) is 6.31. The third kappa shape index (κ3) is 3.26. The van der Waals surface area contributed by atoms with Crippen LogP contribution in [0.2, 0.25) is 0 Å². The van der Waals surface area contributed by atoms with Crippen molar-refractivity contribution < 1.29 is 0 Å². The molecule has 2 fully saturated rings. The molecule has 2 aliphatic heterocycles. The van der Waals surface area contributed by atoms with Crippen LogP contribution in [0.25, 0.3) is 0 Å². The zero-order valence-corrected chi connectivity index (χ0v) is 13.5. The van der Waals surface area contributed by atoms with Crippen molar-refractivity contribution in [3.63, 3.8) is 0 Å². The summed E-state index contributed by atoms with van der Waals surface area (Å²) in [6.45, 7) is 6.06. The first-order valence-corrected chi connectivity index (χ1v) is 8.40. The van der Waals surface area contributed by atoms with Gasteiger partial charge in [-0.2, -0.15) is 0 Å². The van der Waals surface area contributed by atoms with Gasteiger partial charge in [-0.1, -0.05) is 0 Å². The maximum Gasteiger partial charge on any atom is 0.151 e. The fraction of sp³-hybridized carbons (Fsp3) is 0.667. The Hall–Kier alpha value is -0.810. The lowest BCUT2D eigenvalue weighted by atomic mass is 9.96. The van der Waals surface area contributed by atoms with E-state index in [0.29, 0.717) is 0 Å². The van der Waals surface area contributed by atoms with E-state index in [1.165, 1.54) is 45.3 Å². The van der Waals surface area contributed by atoms with Crippen LogP contribution in [0.4, 0.5) is 11.5 Å². The van der Waals surface area contributed by atoms with Crippen LogP contribution in [-0.2, 0) is 0 Å². The van der Waals surface area contributed by atoms with Crippen molar-refractivity contribution in [3.8, 4) is 0 Å². The highest BCUT2D eigenvalue weighted by molar-refractivity contribution is 9.10. The monoisotopic (exact) mass is 338 g/mol. The molecule has 2 N–H and O–H groups in total. The minimum Gasteiger partial charge on any atom is -0.396 e. The standard InChI is InChI=1S/C15H23BrN4/c16-13-9-14(17)15(18-10-13)20-7-3-12(4-8-20)11-19-5-1-2-6-19/h9-10,12H,1-8,11,17H2. The number of hydrogen-bond donors (Lipinski definition) is 1. The first kappa shape index (κ1) is 14.1. The number of likely N-dealkylation sites (tertiary alicyclic amines) is 1. The SMILES string of the molecule is Nc1cc(Br)cnc1N1CCC(CN2CCCC2)CC1. The molecule has 0 amide bonds. The van der Waals surface area contributed by atoms with Gasteiger partial charge in [-0.25, -0.2) is 4.98 Å². The fourth-order valence-electron chi connectivity index (χ4n) is 3.37. The number of pyridine rings is 1. The van der Waals surface area contributed by atoms with E-state index < -0.39 is 0 Å². The number of nitrogens with zero attached hydrogens (tertiary/aromatic N) is 3. The Labute approximate surface area is 129 Å². The summed E-state index contributed by atoms with van der Waals surface area (Å²) in [5.41, 5.74) is 6.85. The van der Waals surface area contributed by atoms with Crippen molar-refractivity contribution in [3.05, 3.63) is 16.7 Å². The molecule has 0 unspecified atom stereocenters. The smallest absolute Gasteiger partial charge is 0.151 e. The number of rotatable bonds is 3. The number of anilines is 2. The summed E-state index contributed by atoms with van der Waals surface area (Å²) in [7, 11) is 0. The van der Waals surface area contributed by atoms with Crippen molar-refractivity contribution in [2.24, 2.45) is 5.92 Å². The van der Waals surface area contributed by atoms with Crippen molar-refractivity contribution in [2.45, 2.75) is 25.7 Å². The van der Waals surface area contributed by atoms with E-state index in [-0.39, 0.29) is 0 Å². The van der Waals surface area contributed by atoms with E-state index in [4.69, 9.17) is 5.73 Å². The number of hydrogen-bond acceptors (Lipinski definition) is 4. The highest BCUT2D eigenvalue weighted by atomic mass is 79.9. The second-order valence-corrected chi connectivity index (χ2v) is 6.92. The number of nitrogens with two attached hydrogens (primary N) is 1. The summed E-state index contributed by atoms with van der Waals surface area (Å²) < 4.78 is 0.947. The van der Waals surface area contributed by atoms with Gasteiger partial charge in [0, 0.05) is 30.3 Å². The molecule has 0 bridgehead atoms. The van der Waals surface area contributed by atoms with Gasteiger partial charge in [-0.15, -0.1) is 0 Å². The minimum absolute atomic E-state index is 0.775. The molecule has 0 saturated carbocycles. The van der Waals surface area contributed by atoms with Crippen LogP contribution < -0.4 is 10.6 Å². The molecule has 0 atom stereocenters. The highest BCUT2D eigenvalue weighted by Gasteiger charge is 2.24. The first-order valence-electron chi connectivity index (χ1n) is 7.60.